The average molecular weight is 259 g/mol. The van der Waals surface area contributed by atoms with E-state index in [0.29, 0.717) is 5.92 Å². The molecular formula is C14H21N5. The first-order valence-electron chi connectivity index (χ1n) is 6.74. The van der Waals surface area contributed by atoms with Crippen LogP contribution in [0.4, 0.5) is 5.82 Å². The Balaban J connectivity index is 2.48. The molecule has 0 aliphatic heterocycles. The van der Waals surface area contributed by atoms with E-state index in [0.717, 1.165) is 35.7 Å². The highest BCUT2D eigenvalue weighted by molar-refractivity contribution is 5.53. The van der Waals surface area contributed by atoms with Crippen LogP contribution in [0.2, 0.25) is 0 Å². The van der Waals surface area contributed by atoms with E-state index < -0.39 is 0 Å². The molecule has 0 unspecified atom stereocenters. The Morgan fingerprint density at radius 2 is 2.11 bits per heavy atom. The number of rotatable bonds is 5. The summed E-state index contributed by atoms with van der Waals surface area (Å²) in [6.45, 7) is 9.37. The third-order valence-electron chi connectivity index (χ3n) is 2.91. The summed E-state index contributed by atoms with van der Waals surface area (Å²) in [7, 11) is 0. The largest absolute Gasteiger partial charge is 0.370 e. The molecule has 0 radical (unpaired) electrons. The van der Waals surface area contributed by atoms with Crippen molar-refractivity contribution in [1.29, 1.82) is 0 Å². The van der Waals surface area contributed by atoms with E-state index in [4.69, 9.17) is 0 Å². The predicted molar refractivity (Wildman–Crippen MR) is 76.8 cm³/mol. The molecule has 2 aromatic heterocycles. The van der Waals surface area contributed by atoms with Crippen LogP contribution in [0.15, 0.2) is 18.7 Å². The fraction of sp³-hybridized carbons (Fsp3) is 0.500. The fourth-order valence-electron chi connectivity index (χ4n) is 2.01. The Labute approximate surface area is 114 Å². The van der Waals surface area contributed by atoms with Gasteiger partial charge in [0.2, 0.25) is 0 Å². The number of nitrogens with zero attached hydrogens (tertiary/aromatic N) is 4. The third kappa shape index (κ3) is 2.92. The first-order chi connectivity index (χ1) is 9.13. The van der Waals surface area contributed by atoms with Crippen molar-refractivity contribution in [2.45, 2.75) is 40.0 Å². The monoisotopic (exact) mass is 259 g/mol. The summed E-state index contributed by atoms with van der Waals surface area (Å²) < 4.78 is 1.82. The van der Waals surface area contributed by atoms with Crippen molar-refractivity contribution in [2.24, 2.45) is 0 Å². The van der Waals surface area contributed by atoms with Gasteiger partial charge in [0.1, 0.15) is 12.1 Å². The van der Waals surface area contributed by atoms with Crippen LogP contribution in [-0.4, -0.2) is 26.3 Å². The van der Waals surface area contributed by atoms with Crippen LogP contribution in [0.1, 0.15) is 44.2 Å². The molecule has 0 saturated carbocycles. The van der Waals surface area contributed by atoms with E-state index in [1.165, 1.54) is 0 Å². The van der Waals surface area contributed by atoms with E-state index in [1.54, 1.807) is 6.33 Å². The Morgan fingerprint density at radius 1 is 1.32 bits per heavy atom. The minimum atomic E-state index is 0.333. The second kappa shape index (κ2) is 5.82. The highest BCUT2D eigenvalue weighted by Crippen LogP contribution is 2.27. The van der Waals surface area contributed by atoms with Gasteiger partial charge in [-0.2, -0.15) is 5.10 Å². The maximum absolute atomic E-state index is 4.40. The lowest BCUT2D eigenvalue weighted by atomic mass is 10.0. The molecule has 0 amide bonds. The highest BCUT2D eigenvalue weighted by Gasteiger charge is 2.16. The van der Waals surface area contributed by atoms with Crippen LogP contribution in [0.3, 0.4) is 0 Å². The van der Waals surface area contributed by atoms with E-state index in [9.17, 15) is 0 Å². The number of hydrogen-bond donors (Lipinski definition) is 1. The van der Waals surface area contributed by atoms with Crippen molar-refractivity contribution < 1.29 is 0 Å². The van der Waals surface area contributed by atoms with Gasteiger partial charge < -0.3 is 5.32 Å². The number of aryl methyl sites for hydroxylation is 1. The van der Waals surface area contributed by atoms with Gasteiger partial charge in [0.15, 0.2) is 5.82 Å². The van der Waals surface area contributed by atoms with Crippen LogP contribution < -0.4 is 5.32 Å². The molecule has 0 fully saturated rings. The molecule has 0 aliphatic carbocycles. The van der Waals surface area contributed by atoms with Crippen molar-refractivity contribution >= 4 is 5.82 Å². The van der Waals surface area contributed by atoms with Crippen molar-refractivity contribution in [3.8, 4) is 5.82 Å². The van der Waals surface area contributed by atoms with Crippen LogP contribution in [0.25, 0.3) is 5.82 Å². The van der Waals surface area contributed by atoms with Crippen LogP contribution in [-0.2, 0) is 0 Å². The lowest BCUT2D eigenvalue weighted by Crippen LogP contribution is -2.12. The molecule has 19 heavy (non-hydrogen) atoms. The highest BCUT2D eigenvalue weighted by atomic mass is 15.3. The maximum atomic E-state index is 4.40. The Bertz CT molecular complexity index is 545. The minimum absolute atomic E-state index is 0.333. The number of anilines is 1. The average Bonchev–Trinajstić information content (AvgIpc) is 2.82. The molecular weight excluding hydrogens is 238 g/mol. The summed E-state index contributed by atoms with van der Waals surface area (Å²) in [5.74, 6) is 2.10. The van der Waals surface area contributed by atoms with Gasteiger partial charge in [-0.1, -0.05) is 20.8 Å². The van der Waals surface area contributed by atoms with E-state index in [-0.39, 0.29) is 0 Å². The maximum Gasteiger partial charge on any atom is 0.162 e. The Hall–Kier alpha value is -1.91. The molecule has 0 bridgehead atoms. The normalized spacial score (nSPS) is 11.0. The predicted octanol–water partition coefficient (Wildman–Crippen LogP) is 2.92. The zero-order valence-electron chi connectivity index (χ0n) is 12.0. The molecule has 2 heterocycles. The first-order valence-corrected chi connectivity index (χ1v) is 6.74. The second-order valence-corrected chi connectivity index (χ2v) is 5.00. The molecule has 0 aliphatic rings. The fourth-order valence-corrected chi connectivity index (χ4v) is 2.01. The van der Waals surface area contributed by atoms with E-state index >= 15 is 0 Å². The smallest absolute Gasteiger partial charge is 0.162 e. The Morgan fingerprint density at radius 3 is 2.68 bits per heavy atom. The molecule has 102 valence electrons. The zero-order valence-corrected chi connectivity index (χ0v) is 12.0. The molecule has 5 heteroatoms. The molecule has 0 spiro atoms. The summed E-state index contributed by atoms with van der Waals surface area (Å²) in [6.07, 6.45) is 6.48. The van der Waals surface area contributed by atoms with Gasteiger partial charge in [0.25, 0.3) is 0 Å². The lowest BCUT2D eigenvalue weighted by Gasteiger charge is -2.16. The van der Waals surface area contributed by atoms with Crippen LogP contribution in [0.5, 0.6) is 0 Å². The van der Waals surface area contributed by atoms with E-state index in [2.05, 4.69) is 41.2 Å². The van der Waals surface area contributed by atoms with Gasteiger partial charge in [-0.3, -0.25) is 0 Å². The summed E-state index contributed by atoms with van der Waals surface area (Å²) in [5, 5.41) is 7.72. The first kappa shape index (κ1) is 13.5. The van der Waals surface area contributed by atoms with Gasteiger partial charge >= 0.3 is 0 Å². The standard InChI is InChI=1S/C14H21N5/c1-5-6-15-13-12(10(2)3)14(17-9-16-13)19-8-11(4)7-18-19/h7-10H,5-6H2,1-4H3,(H,15,16,17). The van der Waals surface area contributed by atoms with Crippen molar-refractivity contribution in [1.82, 2.24) is 19.7 Å². The molecule has 1 N–H and O–H groups in total. The lowest BCUT2D eigenvalue weighted by molar-refractivity contribution is 0.771. The van der Waals surface area contributed by atoms with Gasteiger partial charge in [-0.25, -0.2) is 14.6 Å². The summed E-state index contributed by atoms with van der Waals surface area (Å²) in [4.78, 5) is 8.77. The van der Waals surface area contributed by atoms with Crippen molar-refractivity contribution in [3.63, 3.8) is 0 Å². The van der Waals surface area contributed by atoms with Crippen molar-refractivity contribution in [2.75, 3.05) is 11.9 Å². The van der Waals surface area contributed by atoms with Gasteiger partial charge in [0.05, 0.1) is 6.20 Å². The molecule has 0 aromatic carbocycles. The molecule has 0 atom stereocenters. The third-order valence-corrected chi connectivity index (χ3v) is 2.91. The molecule has 2 rings (SSSR count). The van der Waals surface area contributed by atoms with Crippen LogP contribution in [0, 0.1) is 6.92 Å². The quantitative estimate of drug-likeness (QED) is 0.897. The molecule has 5 nitrogen and oxygen atoms in total. The minimum Gasteiger partial charge on any atom is -0.370 e. The zero-order chi connectivity index (χ0) is 13.8. The second-order valence-electron chi connectivity index (χ2n) is 5.00. The number of hydrogen-bond acceptors (Lipinski definition) is 4. The summed E-state index contributed by atoms with van der Waals surface area (Å²) in [6, 6.07) is 0. The van der Waals surface area contributed by atoms with Gasteiger partial charge in [-0.15, -0.1) is 0 Å². The summed E-state index contributed by atoms with van der Waals surface area (Å²) in [5.41, 5.74) is 2.23. The van der Waals surface area contributed by atoms with E-state index in [1.807, 2.05) is 24.0 Å². The van der Waals surface area contributed by atoms with Crippen molar-refractivity contribution in [3.05, 3.63) is 29.8 Å². The number of nitrogens with one attached hydrogen (secondary N) is 1. The Kier molecular flexibility index (Phi) is 4.14. The van der Waals surface area contributed by atoms with Crippen LogP contribution >= 0.6 is 0 Å². The molecule has 2 aromatic rings. The topological polar surface area (TPSA) is 55.6 Å². The van der Waals surface area contributed by atoms with Gasteiger partial charge in [0, 0.05) is 18.3 Å². The SMILES string of the molecule is CCCNc1ncnc(-n2cc(C)cn2)c1C(C)C. The number of aromatic nitrogens is 4. The summed E-state index contributed by atoms with van der Waals surface area (Å²) >= 11 is 0. The molecule has 0 saturated heterocycles. The van der Waals surface area contributed by atoms with Gasteiger partial charge in [-0.05, 0) is 24.8 Å².